The minimum absolute atomic E-state index is 0.0628. The van der Waals surface area contributed by atoms with Crippen molar-refractivity contribution in [2.45, 2.75) is 18.8 Å². The van der Waals surface area contributed by atoms with E-state index in [2.05, 4.69) is 5.32 Å². The molecule has 1 aliphatic heterocycles. The van der Waals surface area contributed by atoms with Crippen LogP contribution in [0.5, 0.6) is 11.5 Å². The average Bonchev–Trinajstić information content (AvgIpc) is 2.69. The van der Waals surface area contributed by atoms with Gasteiger partial charge in [-0.15, -0.1) is 0 Å². The molecule has 0 spiro atoms. The van der Waals surface area contributed by atoms with E-state index in [0.717, 1.165) is 23.5 Å². The Morgan fingerprint density at radius 2 is 1.79 bits per heavy atom. The smallest absolute Gasteiger partial charge is 0.176 e. The molecule has 0 saturated heterocycles. The molecule has 106 valence electrons. The summed E-state index contributed by atoms with van der Waals surface area (Å²) in [6, 6.07) is 5.85. The highest BCUT2D eigenvalue weighted by molar-refractivity contribution is 5.44. The predicted molar refractivity (Wildman–Crippen MR) is 71.7 cm³/mol. The number of benzene rings is 1. The van der Waals surface area contributed by atoms with Crippen LogP contribution in [0.25, 0.3) is 0 Å². The first-order valence-electron chi connectivity index (χ1n) is 6.42. The number of likely N-dealkylation sites (N-methyl/N-ethyl adjacent to an activating group) is 1. The molecule has 2 rings (SSSR count). The van der Waals surface area contributed by atoms with Crippen LogP contribution in [0.4, 0.5) is 0 Å². The molecular weight excluding hydrogens is 246 g/mol. The van der Waals surface area contributed by atoms with Crippen LogP contribution < -0.4 is 14.8 Å². The van der Waals surface area contributed by atoms with Crippen molar-refractivity contribution < 1.29 is 18.9 Å². The Hall–Kier alpha value is -1.30. The zero-order valence-corrected chi connectivity index (χ0v) is 11.6. The molecule has 0 amide bonds. The monoisotopic (exact) mass is 267 g/mol. The van der Waals surface area contributed by atoms with Crippen molar-refractivity contribution in [2.24, 2.45) is 0 Å². The number of hydrogen-bond donors (Lipinski definition) is 1. The van der Waals surface area contributed by atoms with Gasteiger partial charge in [-0.25, -0.2) is 0 Å². The van der Waals surface area contributed by atoms with E-state index in [-0.39, 0.29) is 12.3 Å². The quantitative estimate of drug-likeness (QED) is 0.823. The fourth-order valence-corrected chi connectivity index (χ4v) is 2.20. The Kier molecular flexibility index (Phi) is 5.01. The molecule has 1 atom stereocenters. The van der Waals surface area contributed by atoms with E-state index in [4.69, 9.17) is 18.9 Å². The largest absolute Gasteiger partial charge is 0.490 e. The SMILES string of the molecule is CNC(c1ccc2c(c1)OCCCO2)C(OC)OC. The Bertz CT molecular complexity index is 406. The molecule has 19 heavy (non-hydrogen) atoms. The first kappa shape index (κ1) is 14.1. The third-order valence-corrected chi connectivity index (χ3v) is 3.18. The fraction of sp³-hybridized carbons (Fsp3) is 0.571. The molecule has 1 aliphatic rings. The van der Waals surface area contributed by atoms with Crippen LogP contribution in [0.1, 0.15) is 18.0 Å². The zero-order chi connectivity index (χ0) is 13.7. The molecule has 5 nitrogen and oxygen atoms in total. The van der Waals surface area contributed by atoms with Gasteiger partial charge in [0.25, 0.3) is 0 Å². The number of nitrogens with one attached hydrogen (secondary N) is 1. The molecule has 0 fully saturated rings. The maximum Gasteiger partial charge on any atom is 0.176 e. The third kappa shape index (κ3) is 3.18. The molecule has 5 heteroatoms. The normalized spacial score (nSPS) is 16.2. The third-order valence-electron chi connectivity index (χ3n) is 3.18. The summed E-state index contributed by atoms with van der Waals surface area (Å²) < 4.78 is 22.0. The van der Waals surface area contributed by atoms with E-state index < -0.39 is 0 Å². The molecule has 0 aliphatic carbocycles. The second kappa shape index (κ2) is 6.75. The topological polar surface area (TPSA) is 49.0 Å². The number of ether oxygens (including phenoxy) is 4. The summed E-state index contributed by atoms with van der Waals surface area (Å²) in [7, 11) is 5.13. The van der Waals surface area contributed by atoms with Crippen LogP contribution in [-0.2, 0) is 9.47 Å². The standard InChI is InChI=1S/C14H21NO4/c1-15-13(14(16-2)17-3)10-5-6-11-12(9-10)19-8-4-7-18-11/h5-6,9,13-15H,4,7-8H2,1-3H3. The summed E-state index contributed by atoms with van der Waals surface area (Å²) in [5.41, 5.74) is 1.04. The molecule has 0 aromatic heterocycles. The van der Waals surface area contributed by atoms with E-state index >= 15 is 0 Å². The number of rotatable bonds is 5. The minimum atomic E-state index is -0.352. The van der Waals surface area contributed by atoms with Crippen molar-refractivity contribution in [3.8, 4) is 11.5 Å². The molecule has 1 N–H and O–H groups in total. The molecule has 0 radical (unpaired) electrons. The van der Waals surface area contributed by atoms with Crippen LogP contribution >= 0.6 is 0 Å². The van der Waals surface area contributed by atoms with Crippen LogP contribution in [0, 0.1) is 0 Å². The summed E-state index contributed by atoms with van der Waals surface area (Å²) in [6.07, 6.45) is 0.549. The Morgan fingerprint density at radius 1 is 1.11 bits per heavy atom. The Balaban J connectivity index is 2.26. The van der Waals surface area contributed by atoms with Crippen LogP contribution in [-0.4, -0.2) is 40.8 Å². The van der Waals surface area contributed by atoms with Gasteiger partial charge in [-0.1, -0.05) is 6.07 Å². The van der Waals surface area contributed by atoms with Gasteiger partial charge in [0, 0.05) is 20.6 Å². The van der Waals surface area contributed by atoms with E-state index in [1.54, 1.807) is 14.2 Å². The molecule has 0 saturated carbocycles. The van der Waals surface area contributed by atoms with Gasteiger partial charge in [-0.05, 0) is 24.7 Å². The van der Waals surface area contributed by atoms with Crippen molar-refractivity contribution in [3.05, 3.63) is 23.8 Å². The van der Waals surface area contributed by atoms with E-state index in [1.807, 2.05) is 25.2 Å². The zero-order valence-electron chi connectivity index (χ0n) is 11.6. The fourth-order valence-electron chi connectivity index (χ4n) is 2.20. The highest BCUT2D eigenvalue weighted by Crippen LogP contribution is 2.33. The van der Waals surface area contributed by atoms with Gasteiger partial charge in [-0.3, -0.25) is 0 Å². The van der Waals surface area contributed by atoms with Gasteiger partial charge in [0.1, 0.15) is 0 Å². The molecule has 1 unspecified atom stereocenters. The van der Waals surface area contributed by atoms with Crippen LogP contribution in [0.15, 0.2) is 18.2 Å². The molecule has 0 bridgehead atoms. The summed E-state index contributed by atoms with van der Waals surface area (Å²) >= 11 is 0. The minimum Gasteiger partial charge on any atom is -0.490 e. The van der Waals surface area contributed by atoms with Crippen molar-refractivity contribution in [3.63, 3.8) is 0 Å². The number of hydrogen-bond acceptors (Lipinski definition) is 5. The van der Waals surface area contributed by atoms with Crippen molar-refractivity contribution in [2.75, 3.05) is 34.5 Å². The lowest BCUT2D eigenvalue weighted by atomic mass is 10.1. The lowest BCUT2D eigenvalue weighted by Crippen LogP contribution is -2.32. The van der Waals surface area contributed by atoms with E-state index in [0.29, 0.717) is 13.2 Å². The second-order valence-electron chi connectivity index (χ2n) is 4.36. The average molecular weight is 267 g/mol. The highest BCUT2D eigenvalue weighted by Gasteiger charge is 2.23. The number of methoxy groups -OCH3 is 2. The Labute approximate surface area is 113 Å². The first-order valence-corrected chi connectivity index (χ1v) is 6.42. The maximum atomic E-state index is 5.70. The lowest BCUT2D eigenvalue weighted by Gasteiger charge is -2.25. The van der Waals surface area contributed by atoms with Gasteiger partial charge < -0.3 is 24.3 Å². The Morgan fingerprint density at radius 3 is 2.42 bits per heavy atom. The summed E-state index contributed by atoms with van der Waals surface area (Å²) in [6.45, 7) is 1.37. The molecule has 1 heterocycles. The molecule has 1 aromatic rings. The maximum absolute atomic E-state index is 5.70. The van der Waals surface area contributed by atoms with Crippen molar-refractivity contribution in [1.29, 1.82) is 0 Å². The van der Waals surface area contributed by atoms with E-state index in [9.17, 15) is 0 Å². The summed E-state index contributed by atoms with van der Waals surface area (Å²) in [5.74, 6) is 1.57. The van der Waals surface area contributed by atoms with E-state index in [1.165, 1.54) is 0 Å². The lowest BCUT2D eigenvalue weighted by molar-refractivity contribution is -0.123. The summed E-state index contributed by atoms with van der Waals surface area (Å²) in [5, 5.41) is 3.20. The van der Waals surface area contributed by atoms with Crippen molar-refractivity contribution in [1.82, 2.24) is 5.32 Å². The van der Waals surface area contributed by atoms with Crippen LogP contribution in [0.2, 0.25) is 0 Å². The molecule has 1 aromatic carbocycles. The molecular formula is C14H21NO4. The van der Waals surface area contributed by atoms with Gasteiger partial charge in [-0.2, -0.15) is 0 Å². The van der Waals surface area contributed by atoms with Crippen LogP contribution in [0.3, 0.4) is 0 Å². The van der Waals surface area contributed by atoms with Gasteiger partial charge in [0.2, 0.25) is 0 Å². The van der Waals surface area contributed by atoms with Gasteiger partial charge in [0.15, 0.2) is 17.8 Å². The van der Waals surface area contributed by atoms with Gasteiger partial charge >= 0.3 is 0 Å². The summed E-state index contributed by atoms with van der Waals surface area (Å²) in [4.78, 5) is 0. The second-order valence-corrected chi connectivity index (χ2v) is 4.36. The van der Waals surface area contributed by atoms with Crippen molar-refractivity contribution >= 4 is 0 Å². The highest BCUT2D eigenvalue weighted by atomic mass is 16.7. The number of fused-ring (bicyclic) bond motifs is 1. The van der Waals surface area contributed by atoms with Gasteiger partial charge in [0.05, 0.1) is 19.3 Å². The predicted octanol–water partition coefficient (Wildman–Crippen LogP) is 1.73. The first-order chi connectivity index (χ1) is 9.30.